The average Bonchev–Trinajstić information content (AvgIpc) is 2.92. The molecule has 2 aromatic heterocycles. The molecule has 0 spiro atoms. The molecular formula is C11H11BrClN5O. The highest BCUT2D eigenvalue weighted by molar-refractivity contribution is 9.10. The highest BCUT2D eigenvalue weighted by Crippen LogP contribution is 2.19. The number of aromatic nitrogens is 4. The van der Waals surface area contributed by atoms with E-state index in [4.69, 9.17) is 11.6 Å². The van der Waals surface area contributed by atoms with Gasteiger partial charge in [0.25, 0.3) is 5.91 Å². The minimum atomic E-state index is -0.304. The molecule has 0 saturated heterocycles. The molecule has 2 aromatic rings. The van der Waals surface area contributed by atoms with Crippen LogP contribution in [0.2, 0.25) is 5.15 Å². The summed E-state index contributed by atoms with van der Waals surface area (Å²) < 4.78 is 0.690. The maximum Gasteiger partial charge on any atom is 0.255 e. The first-order chi connectivity index (χ1) is 9.11. The fraction of sp³-hybridized carbons (Fsp3) is 0.273. The molecule has 2 rings (SSSR count). The van der Waals surface area contributed by atoms with Crippen LogP contribution in [-0.4, -0.2) is 26.1 Å². The lowest BCUT2D eigenvalue weighted by molar-refractivity contribution is 0.0933. The lowest BCUT2D eigenvalue weighted by atomic mass is 10.2. The summed E-state index contributed by atoms with van der Waals surface area (Å²) >= 11 is 9.17. The van der Waals surface area contributed by atoms with Gasteiger partial charge in [-0.3, -0.25) is 9.89 Å². The van der Waals surface area contributed by atoms with Crippen LogP contribution in [0.5, 0.6) is 0 Å². The molecule has 0 unspecified atom stereocenters. The number of carbonyl (C=O) groups excluding carboxylic acids is 1. The van der Waals surface area contributed by atoms with E-state index in [0.717, 1.165) is 0 Å². The van der Waals surface area contributed by atoms with Crippen LogP contribution in [0.4, 0.5) is 0 Å². The Morgan fingerprint density at radius 2 is 2.37 bits per heavy atom. The quantitative estimate of drug-likeness (QED) is 0.835. The number of rotatable bonds is 4. The first-order valence-electron chi connectivity index (χ1n) is 5.59. The minimum Gasteiger partial charge on any atom is -0.342 e. The van der Waals surface area contributed by atoms with E-state index in [1.807, 2.05) is 6.92 Å². The van der Waals surface area contributed by atoms with Crippen molar-refractivity contribution in [3.05, 3.63) is 39.6 Å². The molecule has 2 heterocycles. The van der Waals surface area contributed by atoms with Gasteiger partial charge in [0.05, 0.1) is 11.6 Å². The van der Waals surface area contributed by atoms with E-state index in [9.17, 15) is 4.79 Å². The zero-order valence-electron chi connectivity index (χ0n) is 10.0. The molecule has 0 radical (unpaired) electrons. The predicted octanol–water partition coefficient (Wildman–Crippen LogP) is 2.50. The van der Waals surface area contributed by atoms with Crippen molar-refractivity contribution < 1.29 is 4.79 Å². The monoisotopic (exact) mass is 343 g/mol. The zero-order chi connectivity index (χ0) is 13.8. The van der Waals surface area contributed by atoms with Gasteiger partial charge >= 0.3 is 0 Å². The molecule has 1 amide bonds. The maximum absolute atomic E-state index is 12.2. The van der Waals surface area contributed by atoms with Gasteiger partial charge in [-0.15, -0.1) is 0 Å². The molecule has 2 N–H and O–H groups in total. The van der Waals surface area contributed by atoms with E-state index in [-0.39, 0.29) is 17.1 Å². The first-order valence-corrected chi connectivity index (χ1v) is 6.76. The van der Waals surface area contributed by atoms with Crippen LogP contribution >= 0.6 is 27.5 Å². The van der Waals surface area contributed by atoms with Crippen LogP contribution in [0.25, 0.3) is 0 Å². The number of H-pyrrole nitrogens is 1. The minimum absolute atomic E-state index is 0.160. The van der Waals surface area contributed by atoms with Crippen molar-refractivity contribution in [3.63, 3.8) is 0 Å². The van der Waals surface area contributed by atoms with E-state index >= 15 is 0 Å². The fourth-order valence-corrected chi connectivity index (χ4v) is 2.08. The summed E-state index contributed by atoms with van der Waals surface area (Å²) in [5.74, 6) is 0.303. The molecule has 0 bridgehead atoms. The van der Waals surface area contributed by atoms with Crippen LogP contribution in [0.15, 0.2) is 23.1 Å². The summed E-state index contributed by atoms with van der Waals surface area (Å²) in [6.45, 7) is 1.94. The molecule has 6 nitrogen and oxygen atoms in total. The molecule has 19 heavy (non-hydrogen) atoms. The van der Waals surface area contributed by atoms with Crippen LogP contribution < -0.4 is 5.32 Å². The third kappa shape index (κ3) is 3.30. The standard InChI is InChI=1S/C11H11BrClN5O/c1-2-8(10-15-5-16-18-10)17-11(19)7-3-6(12)4-14-9(7)13/h3-5,8H,2H2,1H3,(H,17,19)(H,15,16,18)/t8-/m1/s1. The summed E-state index contributed by atoms with van der Waals surface area (Å²) in [4.78, 5) is 20.1. The van der Waals surface area contributed by atoms with Crippen LogP contribution in [-0.2, 0) is 0 Å². The van der Waals surface area contributed by atoms with Crippen molar-refractivity contribution in [2.75, 3.05) is 0 Å². The van der Waals surface area contributed by atoms with Crippen LogP contribution in [0.1, 0.15) is 35.6 Å². The van der Waals surface area contributed by atoms with Gasteiger partial charge in [0, 0.05) is 10.7 Å². The highest BCUT2D eigenvalue weighted by Gasteiger charge is 2.18. The first kappa shape index (κ1) is 14.0. The molecular weight excluding hydrogens is 334 g/mol. The van der Waals surface area contributed by atoms with Crippen molar-refractivity contribution in [2.24, 2.45) is 0 Å². The molecule has 100 valence electrons. The van der Waals surface area contributed by atoms with E-state index < -0.39 is 0 Å². The summed E-state index contributed by atoms with van der Waals surface area (Å²) in [6.07, 6.45) is 3.62. The highest BCUT2D eigenvalue weighted by atomic mass is 79.9. The fourth-order valence-electron chi connectivity index (χ4n) is 1.56. The topological polar surface area (TPSA) is 83.6 Å². The van der Waals surface area contributed by atoms with Crippen molar-refractivity contribution in [1.82, 2.24) is 25.5 Å². The molecule has 8 heteroatoms. The lowest BCUT2D eigenvalue weighted by Crippen LogP contribution is -2.29. The number of pyridine rings is 1. The van der Waals surface area contributed by atoms with Crippen molar-refractivity contribution in [3.8, 4) is 0 Å². The van der Waals surface area contributed by atoms with Gasteiger partial charge in [0.15, 0.2) is 0 Å². The Bertz CT molecular complexity index is 574. The Kier molecular flexibility index (Phi) is 4.49. The van der Waals surface area contributed by atoms with E-state index in [0.29, 0.717) is 22.3 Å². The van der Waals surface area contributed by atoms with Crippen molar-refractivity contribution in [2.45, 2.75) is 19.4 Å². The zero-order valence-corrected chi connectivity index (χ0v) is 12.4. The number of halogens is 2. The summed E-state index contributed by atoms with van der Waals surface area (Å²) in [5.41, 5.74) is 0.314. The van der Waals surface area contributed by atoms with E-state index in [1.54, 1.807) is 6.07 Å². The second kappa shape index (κ2) is 6.12. The normalized spacial score (nSPS) is 12.2. The summed E-state index contributed by atoms with van der Waals surface area (Å²) in [5, 5.41) is 9.50. The Morgan fingerprint density at radius 3 is 3.00 bits per heavy atom. The summed E-state index contributed by atoms with van der Waals surface area (Å²) in [6, 6.07) is 1.38. The Morgan fingerprint density at radius 1 is 1.58 bits per heavy atom. The van der Waals surface area contributed by atoms with Crippen LogP contribution in [0, 0.1) is 0 Å². The van der Waals surface area contributed by atoms with Gasteiger partial charge in [-0.1, -0.05) is 18.5 Å². The second-order valence-electron chi connectivity index (χ2n) is 3.80. The van der Waals surface area contributed by atoms with Crippen molar-refractivity contribution >= 4 is 33.4 Å². The van der Waals surface area contributed by atoms with Crippen molar-refractivity contribution in [1.29, 1.82) is 0 Å². The van der Waals surface area contributed by atoms with Crippen LogP contribution in [0.3, 0.4) is 0 Å². The van der Waals surface area contributed by atoms with Gasteiger partial charge in [-0.25, -0.2) is 9.97 Å². The second-order valence-corrected chi connectivity index (χ2v) is 5.07. The number of hydrogen-bond donors (Lipinski definition) is 2. The molecule has 0 aliphatic heterocycles. The molecule has 0 fully saturated rings. The molecule has 0 saturated carbocycles. The third-order valence-corrected chi connectivity index (χ3v) is 3.26. The van der Waals surface area contributed by atoms with Gasteiger partial charge in [-0.05, 0) is 28.4 Å². The number of hydrogen-bond acceptors (Lipinski definition) is 4. The van der Waals surface area contributed by atoms with Gasteiger partial charge in [-0.2, -0.15) is 5.10 Å². The SMILES string of the molecule is CC[C@@H](NC(=O)c1cc(Br)cnc1Cl)c1ncn[nH]1. The smallest absolute Gasteiger partial charge is 0.255 e. The van der Waals surface area contributed by atoms with Gasteiger partial charge in [0.2, 0.25) is 0 Å². The number of carbonyl (C=O) groups is 1. The molecule has 0 aromatic carbocycles. The maximum atomic E-state index is 12.2. The largest absolute Gasteiger partial charge is 0.342 e. The molecule has 0 aliphatic rings. The molecule has 1 atom stereocenters. The van der Waals surface area contributed by atoms with Gasteiger partial charge < -0.3 is 5.32 Å². The molecule has 0 aliphatic carbocycles. The average molecular weight is 345 g/mol. The number of nitrogens with zero attached hydrogens (tertiary/aromatic N) is 3. The summed E-state index contributed by atoms with van der Waals surface area (Å²) in [7, 11) is 0. The number of aromatic amines is 1. The lowest BCUT2D eigenvalue weighted by Gasteiger charge is -2.14. The Hall–Kier alpha value is -1.47. The predicted molar refractivity (Wildman–Crippen MR) is 73.8 cm³/mol. The number of amides is 1. The van der Waals surface area contributed by atoms with E-state index in [2.05, 4.69) is 41.4 Å². The van der Waals surface area contributed by atoms with E-state index in [1.165, 1.54) is 12.5 Å². The van der Waals surface area contributed by atoms with Gasteiger partial charge in [0.1, 0.15) is 17.3 Å². The number of nitrogens with one attached hydrogen (secondary N) is 2. The Balaban J connectivity index is 2.18. The Labute approximate surface area is 123 Å². The third-order valence-electron chi connectivity index (χ3n) is 2.53.